The van der Waals surface area contributed by atoms with Crippen LogP contribution in [0, 0.1) is 5.82 Å². The Morgan fingerprint density at radius 3 is 2.69 bits per heavy atom. The van der Waals surface area contributed by atoms with Crippen molar-refractivity contribution in [2.45, 2.75) is 71.1 Å². The first kappa shape index (κ1) is 29.0. The van der Waals surface area contributed by atoms with E-state index in [2.05, 4.69) is 33.8 Å². The molecule has 2 aromatic rings. The molecule has 0 radical (unpaired) electrons. The number of carbonyl (C=O) groups excluding carboxylic acids is 1. The van der Waals surface area contributed by atoms with Crippen molar-refractivity contribution in [2.75, 3.05) is 44.3 Å². The van der Waals surface area contributed by atoms with E-state index in [4.69, 9.17) is 14.2 Å². The lowest BCUT2D eigenvalue weighted by molar-refractivity contribution is -0.148. The first-order chi connectivity index (χ1) is 18.7. The van der Waals surface area contributed by atoms with Gasteiger partial charge in [0.05, 0.1) is 31.2 Å². The number of aromatic nitrogens is 1. The van der Waals surface area contributed by atoms with Gasteiger partial charge >= 0.3 is 5.97 Å². The van der Waals surface area contributed by atoms with Gasteiger partial charge in [-0.05, 0) is 63.3 Å². The first-order valence-electron chi connectivity index (χ1n) is 14.0. The van der Waals surface area contributed by atoms with Gasteiger partial charge in [-0.25, -0.2) is 14.2 Å². The Morgan fingerprint density at radius 2 is 1.95 bits per heavy atom. The smallest absolute Gasteiger partial charge is 0.334 e. The van der Waals surface area contributed by atoms with Gasteiger partial charge in [-0.3, -0.25) is 4.90 Å². The molecule has 0 aliphatic carbocycles. The molecule has 2 saturated heterocycles. The SMILES string of the molecule is CCc1ccnc(N2CCOC3(CCN(Cc4cccc(CCOC=CC(=O)OC(C)(C)C)c4F)CC3)C2)c1. The van der Waals surface area contributed by atoms with Gasteiger partial charge in [0.25, 0.3) is 0 Å². The highest BCUT2D eigenvalue weighted by molar-refractivity contribution is 5.81. The summed E-state index contributed by atoms with van der Waals surface area (Å²) in [5.41, 5.74) is 1.87. The molecule has 0 amide bonds. The first-order valence-corrected chi connectivity index (χ1v) is 14.0. The van der Waals surface area contributed by atoms with E-state index in [-0.39, 0.29) is 18.0 Å². The Hall–Kier alpha value is -2.97. The number of anilines is 1. The van der Waals surface area contributed by atoms with Crippen molar-refractivity contribution in [3.05, 3.63) is 71.4 Å². The molecule has 2 aliphatic rings. The number of likely N-dealkylation sites (tertiary alicyclic amines) is 1. The number of benzene rings is 1. The van der Waals surface area contributed by atoms with E-state index in [1.807, 2.05) is 18.3 Å². The molecule has 1 spiro atoms. The summed E-state index contributed by atoms with van der Waals surface area (Å²) in [6, 6.07) is 9.80. The van der Waals surface area contributed by atoms with Crippen LogP contribution in [0.3, 0.4) is 0 Å². The van der Waals surface area contributed by atoms with Gasteiger partial charge in [0.1, 0.15) is 17.2 Å². The summed E-state index contributed by atoms with van der Waals surface area (Å²) in [4.78, 5) is 21.0. The van der Waals surface area contributed by atoms with E-state index in [1.165, 1.54) is 17.9 Å². The number of nitrogens with zero attached hydrogens (tertiary/aromatic N) is 3. The number of hydrogen-bond acceptors (Lipinski definition) is 7. The van der Waals surface area contributed by atoms with E-state index in [0.29, 0.717) is 30.7 Å². The van der Waals surface area contributed by atoms with E-state index in [9.17, 15) is 4.79 Å². The Kier molecular flexibility index (Phi) is 9.62. The molecule has 4 rings (SSSR count). The van der Waals surface area contributed by atoms with E-state index < -0.39 is 11.6 Å². The number of rotatable bonds is 9. The summed E-state index contributed by atoms with van der Waals surface area (Å²) in [6.07, 6.45) is 7.69. The lowest BCUT2D eigenvalue weighted by atomic mass is 9.89. The summed E-state index contributed by atoms with van der Waals surface area (Å²) < 4.78 is 32.2. The molecule has 0 saturated carbocycles. The zero-order valence-corrected chi connectivity index (χ0v) is 23.7. The van der Waals surface area contributed by atoms with Gasteiger partial charge in [-0.1, -0.05) is 25.1 Å². The lowest BCUT2D eigenvalue weighted by Crippen LogP contribution is -2.57. The lowest BCUT2D eigenvalue weighted by Gasteiger charge is -2.47. The maximum absolute atomic E-state index is 15.3. The third kappa shape index (κ3) is 8.26. The minimum absolute atomic E-state index is 0.177. The maximum atomic E-state index is 15.3. The number of esters is 1. The number of morpholine rings is 1. The van der Waals surface area contributed by atoms with Crippen molar-refractivity contribution in [1.29, 1.82) is 0 Å². The van der Waals surface area contributed by atoms with Crippen LogP contribution in [0.2, 0.25) is 0 Å². The maximum Gasteiger partial charge on any atom is 0.334 e. The van der Waals surface area contributed by atoms with Crippen molar-refractivity contribution < 1.29 is 23.4 Å². The van der Waals surface area contributed by atoms with E-state index in [1.54, 1.807) is 26.8 Å². The molecule has 39 heavy (non-hydrogen) atoms. The predicted octanol–water partition coefficient (Wildman–Crippen LogP) is 5.07. The minimum Gasteiger partial charge on any atom is -0.501 e. The second-order valence-electron chi connectivity index (χ2n) is 11.5. The van der Waals surface area contributed by atoms with Crippen LogP contribution in [0.15, 0.2) is 48.9 Å². The second-order valence-corrected chi connectivity index (χ2v) is 11.5. The van der Waals surface area contributed by atoms with Crippen LogP contribution in [0.5, 0.6) is 0 Å². The fourth-order valence-corrected chi connectivity index (χ4v) is 5.18. The number of pyridine rings is 1. The largest absolute Gasteiger partial charge is 0.501 e. The van der Waals surface area contributed by atoms with Crippen molar-refractivity contribution in [1.82, 2.24) is 9.88 Å². The molecule has 3 heterocycles. The number of carbonyl (C=O) groups is 1. The molecule has 0 atom stereocenters. The van der Waals surface area contributed by atoms with Crippen LogP contribution in [-0.2, 0) is 38.4 Å². The van der Waals surface area contributed by atoms with Crippen molar-refractivity contribution in [3.63, 3.8) is 0 Å². The molecular formula is C31H42FN3O4. The van der Waals surface area contributed by atoms with Gasteiger partial charge < -0.3 is 19.1 Å². The summed E-state index contributed by atoms with van der Waals surface area (Å²) in [5.74, 6) is 0.384. The van der Waals surface area contributed by atoms with Crippen LogP contribution in [-0.4, -0.2) is 66.4 Å². The molecule has 1 aromatic carbocycles. The fraction of sp³-hybridized carbons (Fsp3) is 0.548. The molecular weight excluding hydrogens is 497 g/mol. The zero-order chi connectivity index (χ0) is 27.9. The highest BCUT2D eigenvalue weighted by Gasteiger charge is 2.40. The summed E-state index contributed by atoms with van der Waals surface area (Å²) in [6.45, 7) is 12.5. The summed E-state index contributed by atoms with van der Waals surface area (Å²) in [5, 5.41) is 0. The molecule has 0 bridgehead atoms. The Bertz CT molecular complexity index is 1140. The van der Waals surface area contributed by atoms with Crippen molar-refractivity contribution >= 4 is 11.8 Å². The monoisotopic (exact) mass is 539 g/mol. The second kappa shape index (κ2) is 12.9. The predicted molar refractivity (Wildman–Crippen MR) is 150 cm³/mol. The number of halogens is 1. The topological polar surface area (TPSA) is 64.1 Å². The molecule has 212 valence electrons. The average molecular weight is 540 g/mol. The fourth-order valence-electron chi connectivity index (χ4n) is 5.18. The molecule has 0 N–H and O–H groups in total. The molecule has 2 aliphatic heterocycles. The molecule has 1 aromatic heterocycles. The number of ether oxygens (including phenoxy) is 3. The van der Waals surface area contributed by atoms with Gasteiger partial charge in [0.15, 0.2) is 0 Å². The molecule has 0 unspecified atom stereocenters. The van der Waals surface area contributed by atoms with Crippen LogP contribution >= 0.6 is 0 Å². The normalized spacial score (nSPS) is 18.0. The molecule has 2 fully saturated rings. The number of piperidine rings is 1. The Labute approximate surface area is 231 Å². The van der Waals surface area contributed by atoms with Crippen LogP contribution in [0.25, 0.3) is 0 Å². The third-order valence-corrected chi connectivity index (χ3v) is 7.31. The van der Waals surface area contributed by atoms with Gasteiger partial charge in [0.2, 0.25) is 0 Å². The number of aryl methyl sites for hydroxylation is 1. The van der Waals surface area contributed by atoms with Crippen molar-refractivity contribution in [3.8, 4) is 0 Å². The van der Waals surface area contributed by atoms with Crippen LogP contribution in [0.1, 0.15) is 57.2 Å². The zero-order valence-electron chi connectivity index (χ0n) is 23.7. The van der Waals surface area contributed by atoms with Gasteiger partial charge in [-0.2, -0.15) is 0 Å². The van der Waals surface area contributed by atoms with E-state index >= 15 is 4.39 Å². The minimum atomic E-state index is -0.553. The summed E-state index contributed by atoms with van der Waals surface area (Å²) >= 11 is 0. The highest BCUT2D eigenvalue weighted by Crippen LogP contribution is 2.32. The summed E-state index contributed by atoms with van der Waals surface area (Å²) in [7, 11) is 0. The van der Waals surface area contributed by atoms with Crippen molar-refractivity contribution in [2.24, 2.45) is 0 Å². The average Bonchev–Trinajstić information content (AvgIpc) is 2.91. The quantitative estimate of drug-likeness (QED) is 0.191. The van der Waals surface area contributed by atoms with Gasteiger partial charge in [-0.15, -0.1) is 0 Å². The Morgan fingerprint density at radius 1 is 1.18 bits per heavy atom. The number of hydrogen-bond donors (Lipinski definition) is 0. The molecule has 7 nitrogen and oxygen atoms in total. The standard InChI is InChI=1S/C31H42FN3O4/c1-5-24-9-14-33-27(21-24)35-17-20-38-31(23-35)12-15-34(16-13-31)22-26-8-6-7-25(29(26)32)10-18-37-19-11-28(36)39-30(2,3)4/h6-9,11,14,19,21H,5,10,12-13,15-18,20,22-23H2,1-4H3. The van der Waals surface area contributed by atoms with E-state index in [0.717, 1.165) is 51.3 Å². The van der Waals surface area contributed by atoms with Crippen LogP contribution in [0.4, 0.5) is 10.2 Å². The third-order valence-electron chi connectivity index (χ3n) is 7.31. The Balaban J connectivity index is 1.26. The van der Waals surface area contributed by atoms with Crippen LogP contribution < -0.4 is 4.90 Å². The molecule has 8 heteroatoms. The highest BCUT2D eigenvalue weighted by atomic mass is 19.1. The van der Waals surface area contributed by atoms with Gasteiger partial charge in [0, 0.05) is 50.9 Å².